The SMILES string of the molecule is CC[C@@H](C)OC(=O)Oc1ccc([N+](=O)[O-])cc1. The van der Waals surface area contributed by atoms with Gasteiger partial charge < -0.3 is 9.47 Å². The number of carbonyl (C=O) groups excluding carboxylic acids is 1. The Morgan fingerprint density at radius 3 is 2.47 bits per heavy atom. The fourth-order valence-corrected chi connectivity index (χ4v) is 1.00. The predicted molar refractivity (Wildman–Crippen MR) is 60.0 cm³/mol. The van der Waals surface area contributed by atoms with Crippen molar-refractivity contribution >= 4 is 11.8 Å². The third-order valence-corrected chi connectivity index (χ3v) is 2.12. The summed E-state index contributed by atoms with van der Waals surface area (Å²) in [5.41, 5.74) is -0.0624. The van der Waals surface area contributed by atoms with E-state index in [-0.39, 0.29) is 17.5 Å². The van der Waals surface area contributed by atoms with Crippen molar-refractivity contribution in [2.75, 3.05) is 0 Å². The molecule has 0 bridgehead atoms. The van der Waals surface area contributed by atoms with Gasteiger partial charge >= 0.3 is 6.16 Å². The average Bonchev–Trinajstić information content (AvgIpc) is 2.29. The summed E-state index contributed by atoms with van der Waals surface area (Å²) in [5, 5.41) is 10.4. The van der Waals surface area contributed by atoms with Crippen molar-refractivity contribution in [3.8, 4) is 5.75 Å². The first-order valence-corrected chi connectivity index (χ1v) is 5.16. The van der Waals surface area contributed by atoms with Crippen molar-refractivity contribution < 1.29 is 19.2 Å². The van der Waals surface area contributed by atoms with Crippen molar-refractivity contribution in [2.45, 2.75) is 26.4 Å². The highest BCUT2D eigenvalue weighted by Gasteiger charge is 2.11. The zero-order chi connectivity index (χ0) is 12.8. The van der Waals surface area contributed by atoms with Gasteiger partial charge in [0.15, 0.2) is 0 Å². The van der Waals surface area contributed by atoms with Gasteiger partial charge in [-0.15, -0.1) is 0 Å². The summed E-state index contributed by atoms with van der Waals surface area (Å²) >= 11 is 0. The van der Waals surface area contributed by atoms with Crippen LogP contribution in [-0.4, -0.2) is 17.2 Å². The number of rotatable bonds is 4. The minimum absolute atomic E-state index is 0.0624. The second-order valence-corrected chi connectivity index (χ2v) is 3.44. The van der Waals surface area contributed by atoms with Gasteiger partial charge in [0.2, 0.25) is 0 Å². The molecule has 0 radical (unpaired) electrons. The van der Waals surface area contributed by atoms with Crippen LogP contribution in [0.1, 0.15) is 20.3 Å². The molecule has 0 aliphatic carbocycles. The van der Waals surface area contributed by atoms with Crippen LogP contribution in [0.5, 0.6) is 5.75 Å². The van der Waals surface area contributed by atoms with Crippen molar-refractivity contribution in [1.82, 2.24) is 0 Å². The molecule has 0 saturated heterocycles. The van der Waals surface area contributed by atoms with Gasteiger partial charge in [-0.25, -0.2) is 4.79 Å². The third kappa shape index (κ3) is 4.10. The number of carbonyl (C=O) groups is 1. The summed E-state index contributed by atoms with van der Waals surface area (Å²) in [5.74, 6) is 0.212. The maximum atomic E-state index is 11.2. The second-order valence-electron chi connectivity index (χ2n) is 3.44. The molecule has 0 unspecified atom stereocenters. The van der Waals surface area contributed by atoms with Crippen LogP contribution < -0.4 is 4.74 Å². The Bertz CT molecular complexity index is 401. The van der Waals surface area contributed by atoms with Gasteiger partial charge in [0.05, 0.1) is 4.92 Å². The van der Waals surface area contributed by atoms with Crippen LogP contribution in [-0.2, 0) is 4.74 Å². The van der Waals surface area contributed by atoms with Crippen LogP contribution in [0.25, 0.3) is 0 Å². The van der Waals surface area contributed by atoms with E-state index in [4.69, 9.17) is 9.47 Å². The molecule has 0 heterocycles. The summed E-state index contributed by atoms with van der Waals surface area (Å²) in [6.45, 7) is 3.63. The summed E-state index contributed by atoms with van der Waals surface area (Å²) in [7, 11) is 0. The molecular weight excluding hydrogens is 226 g/mol. The molecule has 1 aromatic rings. The molecule has 17 heavy (non-hydrogen) atoms. The zero-order valence-electron chi connectivity index (χ0n) is 9.58. The first kappa shape index (κ1) is 13.0. The van der Waals surface area contributed by atoms with E-state index in [1.54, 1.807) is 6.92 Å². The highest BCUT2D eigenvalue weighted by atomic mass is 16.7. The number of ether oxygens (including phenoxy) is 2. The van der Waals surface area contributed by atoms with Crippen LogP contribution >= 0.6 is 0 Å². The van der Waals surface area contributed by atoms with E-state index in [1.807, 2.05) is 6.92 Å². The lowest BCUT2D eigenvalue weighted by Gasteiger charge is -2.10. The van der Waals surface area contributed by atoms with E-state index in [0.29, 0.717) is 6.42 Å². The number of nitrogens with zero attached hydrogens (tertiary/aromatic N) is 1. The molecule has 6 heteroatoms. The summed E-state index contributed by atoms with van der Waals surface area (Å²) in [6, 6.07) is 5.20. The Kier molecular flexibility index (Phi) is 4.45. The topological polar surface area (TPSA) is 78.7 Å². The van der Waals surface area contributed by atoms with Crippen molar-refractivity contribution in [1.29, 1.82) is 0 Å². The third-order valence-electron chi connectivity index (χ3n) is 2.12. The molecule has 1 atom stereocenters. The normalized spacial score (nSPS) is 11.6. The Morgan fingerprint density at radius 2 is 2.00 bits per heavy atom. The number of hydrogen-bond acceptors (Lipinski definition) is 5. The fraction of sp³-hybridized carbons (Fsp3) is 0.364. The van der Waals surface area contributed by atoms with Gasteiger partial charge in [0.25, 0.3) is 5.69 Å². The molecule has 0 N–H and O–H groups in total. The maximum absolute atomic E-state index is 11.2. The molecule has 92 valence electrons. The molecule has 6 nitrogen and oxygen atoms in total. The number of nitro groups is 1. The molecule has 0 aromatic heterocycles. The van der Waals surface area contributed by atoms with Crippen LogP contribution in [0.4, 0.5) is 10.5 Å². The molecule has 0 spiro atoms. The van der Waals surface area contributed by atoms with Gasteiger partial charge in [0, 0.05) is 12.1 Å². The minimum Gasteiger partial charge on any atom is -0.431 e. The van der Waals surface area contributed by atoms with E-state index in [2.05, 4.69) is 0 Å². The number of hydrogen-bond donors (Lipinski definition) is 0. The Hall–Kier alpha value is -2.11. The van der Waals surface area contributed by atoms with Gasteiger partial charge in [-0.2, -0.15) is 0 Å². The van der Waals surface area contributed by atoms with Gasteiger partial charge in [-0.1, -0.05) is 6.92 Å². The molecule has 1 rings (SSSR count). The number of nitro benzene ring substituents is 1. The summed E-state index contributed by atoms with van der Waals surface area (Å²) in [6.07, 6.45) is -0.344. The largest absolute Gasteiger partial charge is 0.514 e. The highest BCUT2D eigenvalue weighted by Crippen LogP contribution is 2.17. The predicted octanol–water partition coefficient (Wildman–Crippen LogP) is 2.91. The molecule has 0 aliphatic rings. The Morgan fingerprint density at radius 1 is 1.41 bits per heavy atom. The molecule has 0 amide bonds. The molecule has 1 aromatic carbocycles. The van der Waals surface area contributed by atoms with Crippen LogP contribution in [0.15, 0.2) is 24.3 Å². The quantitative estimate of drug-likeness (QED) is 0.349. The summed E-state index contributed by atoms with van der Waals surface area (Å²) in [4.78, 5) is 21.1. The number of benzene rings is 1. The smallest absolute Gasteiger partial charge is 0.431 e. The lowest BCUT2D eigenvalue weighted by molar-refractivity contribution is -0.384. The van der Waals surface area contributed by atoms with E-state index in [0.717, 1.165) is 0 Å². The van der Waals surface area contributed by atoms with Gasteiger partial charge in [-0.05, 0) is 25.5 Å². The van der Waals surface area contributed by atoms with Gasteiger partial charge in [0.1, 0.15) is 11.9 Å². The van der Waals surface area contributed by atoms with Crippen LogP contribution in [0.3, 0.4) is 0 Å². The Labute approximate surface area is 98.3 Å². The standard InChI is InChI=1S/C11H13NO5/c1-3-8(2)16-11(13)17-10-6-4-9(5-7-10)12(14)15/h4-8H,3H2,1-2H3/t8-/m1/s1. The monoisotopic (exact) mass is 239 g/mol. The van der Waals surface area contributed by atoms with Crippen molar-refractivity contribution in [3.05, 3.63) is 34.4 Å². The van der Waals surface area contributed by atoms with Crippen LogP contribution in [0, 0.1) is 10.1 Å². The fourth-order valence-electron chi connectivity index (χ4n) is 1.00. The van der Waals surface area contributed by atoms with E-state index >= 15 is 0 Å². The van der Waals surface area contributed by atoms with E-state index < -0.39 is 11.1 Å². The van der Waals surface area contributed by atoms with Crippen molar-refractivity contribution in [3.63, 3.8) is 0 Å². The second kappa shape index (κ2) is 5.83. The molecular formula is C11H13NO5. The van der Waals surface area contributed by atoms with E-state index in [1.165, 1.54) is 24.3 Å². The zero-order valence-corrected chi connectivity index (χ0v) is 9.58. The maximum Gasteiger partial charge on any atom is 0.514 e. The number of non-ortho nitro benzene ring substituents is 1. The minimum atomic E-state index is -0.812. The molecule has 0 saturated carbocycles. The average molecular weight is 239 g/mol. The lowest BCUT2D eigenvalue weighted by Crippen LogP contribution is -2.17. The van der Waals surface area contributed by atoms with Crippen molar-refractivity contribution in [2.24, 2.45) is 0 Å². The first-order chi connectivity index (χ1) is 8.02. The molecule has 0 aliphatic heterocycles. The van der Waals surface area contributed by atoms with E-state index in [9.17, 15) is 14.9 Å². The van der Waals surface area contributed by atoms with Crippen LogP contribution in [0.2, 0.25) is 0 Å². The Balaban J connectivity index is 2.57. The van der Waals surface area contributed by atoms with Gasteiger partial charge in [-0.3, -0.25) is 10.1 Å². The highest BCUT2D eigenvalue weighted by molar-refractivity contribution is 5.64. The molecule has 0 fully saturated rings. The summed E-state index contributed by atoms with van der Waals surface area (Å²) < 4.78 is 9.72. The lowest BCUT2D eigenvalue weighted by atomic mass is 10.3. The first-order valence-electron chi connectivity index (χ1n) is 5.16.